The molecule has 1 aliphatic rings. The minimum atomic E-state index is -0.752. The molecule has 1 N–H and O–H groups in total. The van der Waals surface area contributed by atoms with Crippen molar-refractivity contribution < 1.29 is 9.90 Å². The van der Waals surface area contributed by atoms with E-state index in [9.17, 15) is 4.79 Å². The molecule has 2 heterocycles. The minimum absolute atomic E-state index is 0.0131. The quantitative estimate of drug-likeness (QED) is 0.873. The summed E-state index contributed by atoms with van der Waals surface area (Å²) in [5, 5.41) is 9.07. The van der Waals surface area contributed by atoms with Gasteiger partial charge >= 0.3 is 5.97 Å². The molecule has 1 aromatic rings. The van der Waals surface area contributed by atoms with Crippen LogP contribution < -0.4 is 0 Å². The number of likely N-dealkylation sites (tertiary alicyclic amines) is 1. The summed E-state index contributed by atoms with van der Waals surface area (Å²) in [6.07, 6.45) is 5.42. The van der Waals surface area contributed by atoms with Crippen LogP contribution >= 0.6 is 0 Å². The van der Waals surface area contributed by atoms with Gasteiger partial charge < -0.3 is 10.0 Å². The maximum atomic E-state index is 11.0. The molecule has 0 aliphatic carbocycles. The van der Waals surface area contributed by atoms with Gasteiger partial charge in [-0.05, 0) is 45.0 Å². The van der Waals surface area contributed by atoms with E-state index < -0.39 is 5.97 Å². The maximum absolute atomic E-state index is 11.0. The normalized spacial score (nSPS) is 19.6. The molecule has 0 spiro atoms. The van der Waals surface area contributed by atoms with Crippen molar-refractivity contribution in [1.82, 2.24) is 14.9 Å². The third-order valence-corrected chi connectivity index (χ3v) is 3.71. The number of carbonyl (C=O) groups is 1. The van der Waals surface area contributed by atoms with Crippen LogP contribution in [0.15, 0.2) is 18.6 Å². The average molecular weight is 249 g/mol. The maximum Gasteiger partial charge on any atom is 0.304 e. The third kappa shape index (κ3) is 3.26. The Balaban J connectivity index is 2.12. The fourth-order valence-electron chi connectivity index (χ4n) is 2.65. The summed E-state index contributed by atoms with van der Waals surface area (Å²) in [5.74, 6) is -0.330. The predicted molar refractivity (Wildman–Crippen MR) is 67.2 cm³/mol. The van der Waals surface area contributed by atoms with E-state index in [0.717, 1.165) is 31.6 Å². The molecule has 5 heteroatoms. The number of piperidine rings is 1. The highest BCUT2D eigenvalue weighted by Crippen LogP contribution is 2.33. The molecule has 18 heavy (non-hydrogen) atoms. The summed E-state index contributed by atoms with van der Waals surface area (Å²) in [6, 6.07) is 1.84. The van der Waals surface area contributed by atoms with Crippen molar-refractivity contribution in [2.75, 3.05) is 20.1 Å². The fraction of sp³-hybridized carbons (Fsp3) is 0.615. The molecule has 5 nitrogen and oxygen atoms in total. The largest absolute Gasteiger partial charge is 0.481 e. The van der Waals surface area contributed by atoms with E-state index in [0.29, 0.717) is 5.92 Å². The average Bonchev–Trinajstić information content (AvgIpc) is 2.38. The van der Waals surface area contributed by atoms with Crippen molar-refractivity contribution in [3.8, 4) is 0 Å². The van der Waals surface area contributed by atoms with Gasteiger partial charge in [0.2, 0.25) is 0 Å². The van der Waals surface area contributed by atoms with Crippen molar-refractivity contribution in [2.24, 2.45) is 5.92 Å². The molecule has 1 saturated heterocycles. The minimum Gasteiger partial charge on any atom is -0.481 e. The van der Waals surface area contributed by atoms with Crippen molar-refractivity contribution in [3.63, 3.8) is 0 Å². The van der Waals surface area contributed by atoms with E-state index in [1.54, 1.807) is 6.20 Å². The van der Waals surface area contributed by atoms with E-state index in [2.05, 4.69) is 21.9 Å². The summed E-state index contributed by atoms with van der Waals surface area (Å²) < 4.78 is 0. The molecule has 1 atom stereocenters. The third-order valence-electron chi connectivity index (χ3n) is 3.71. The van der Waals surface area contributed by atoms with Crippen LogP contribution in [0.25, 0.3) is 0 Å². The van der Waals surface area contributed by atoms with Crippen LogP contribution in [0.2, 0.25) is 0 Å². The zero-order valence-corrected chi connectivity index (χ0v) is 10.6. The Morgan fingerprint density at radius 1 is 1.56 bits per heavy atom. The molecule has 0 radical (unpaired) electrons. The van der Waals surface area contributed by atoms with Crippen LogP contribution in [0, 0.1) is 5.92 Å². The van der Waals surface area contributed by atoms with Crippen molar-refractivity contribution >= 4 is 5.97 Å². The van der Waals surface area contributed by atoms with Gasteiger partial charge in [0.05, 0.1) is 6.42 Å². The van der Waals surface area contributed by atoms with Gasteiger partial charge in [-0.2, -0.15) is 0 Å². The van der Waals surface area contributed by atoms with Gasteiger partial charge in [-0.25, -0.2) is 9.97 Å². The lowest BCUT2D eigenvalue weighted by Crippen LogP contribution is -2.33. The fourth-order valence-corrected chi connectivity index (χ4v) is 2.65. The molecule has 98 valence electrons. The summed E-state index contributed by atoms with van der Waals surface area (Å²) in [5.41, 5.74) is 0.863. The van der Waals surface area contributed by atoms with Crippen molar-refractivity contribution in [1.29, 1.82) is 0 Å². The van der Waals surface area contributed by atoms with E-state index in [4.69, 9.17) is 5.11 Å². The topological polar surface area (TPSA) is 66.3 Å². The van der Waals surface area contributed by atoms with Crippen molar-refractivity contribution in [3.05, 3.63) is 24.3 Å². The molecule has 1 fully saturated rings. The Hall–Kier alpha value is -1.49. The van der Waals surface area contributed by atoms with Gasteiger partial charge in [0, 0.05) is 17.8 Å². The Bertz CT molecular complexity index is 388. The SMILES string of the molecule is CN1CCC(C(CC(=O)O)c2ccncn2)CC1. The van der Waals surface area contributed by atoms with Crippen LogP contribution in [0.1, 0.15) is 30.9 Å². The molecule has 0 aromatic carbocycles. The Labute approximate surface area is 107 Å². The first-order valence-corrected chi connectivity index (χ1v) is 6.33. The highest BCUT2D eigenvalue weighted by Gasteiger charge is 2.29. The van der Waals surface area contributed by atoms with Gasteiger partial charge in [-0.3, -0.25) is 4.79 Å². The number of carboxylic acids is 1. The molecule has 1 aliphatic heterocycles. The van der Waals surface area contributed by atoms with E-state index in [1.807, 2.05) is 6.07 Å². The highest BCUT2D eigenvalue weighted by molar-refractivity contribution is 5.68. The molecular weight excluding hydrogens is 230 g/mol. The summed E-state index contributed by atoms with van der Waals surface area (Å²) in [6.45, 7) is 2.07. The van der Waals surface area contributed by atoms with Crippen molar-refractivity contribution in [2.45, 2.75) is 25.2 Å². The zero-order valence-electron chi connectivity index (χ0n) is 10.6. The number of carboxylic acid groups (broad SMARTS) is 1. The molecule has 1 unspecified atom stereocenters. The monoisotopic (exact) mass is 249 g/mol. The Morgan fingerprint density at radius 3 is 2.83 bits per heavy atom. The molecule has 2 rings (SSSR count). The molecule has 0 saturated carbocycles. The number of hydrogen-bond acceptors (Lipinski definition) is 4. The summed E-state index contributed by atoms with van der Waals surface area (Å²) in [7, 11) is 2.10. The Kier molecular flexibility index (Phi) is 4.25. The van der Waals surface area contributed by atoms with Gasteiger partial charge in [-0.1, -0.05) is 0 Å². The first kappa shape index (κ1) is 13.0. The molecule has 0 bridgehead atoms. The van der Waals surface area contributed by atoms with E-state index in [1.165, 1.54) is 6.33 Å². The number of hydrogen-bond donors (Lipinski definition) is 1. The Morgan fingerprint density at radius 2 is 2.28 bits per heavy atom. The first-order chi connectivity index (χ1) is 8.66. The van der Waals surface area contributed by atoms with Crippen LogP contribution in [-0.2, 0) is 4.79 Å². The smallest absolute Gasteiger partial charge is 0.304 e. The highest BCUT2D eigenvalue weighted by atomic mass is 16.4. The second-order valence-corrected chi connectivity index (χ2v) is 4.98. The predicted octanol–water partition coefficient (Wildman–Crippen LogP) is 1.38. The summed E-state index contributed by atoms with van der Waals surface area (Å²) >= 11 is 0. The number of nitrogens with zero attached hydrogens (tertiary/aromatic N) is 3. The number of aromatic nitrogens is 2. The molecular formula is C13H19N3O2. The standard InChI is InChI=1S/C13H19N3O2/c1-16-6-3-10(4-7-16)11(8-13(17)18)12-2-5-14-9-15-12/h2,5,9-11H,3-4,6-8H2,1H3,(H,17,18). The first-order valence-electron chi connectivity index (χ1n) is 6.33. The molecule has 1 aromatic heterocycles. The van der Waals surface area contributed by atoms with Gasteiger partial charge in [0.1, 0.15) is 6.33 Å². The van der Waals surface area contributed by atoms with E-state index in [-0.39, 0.29) is 12.3 Å². The van der Waals surface area contributed by atoms with Crippen LogP contribution in [-0.4, -0.2) is 46.1 Å². The second kappa shape index (κ2) is 5.91. The lowest BCUT2D eigenvalue weighted by molar-refractivity contribution is -0.137. The van der Waals surface area contributed by atoms with Gasteiger partial charge in [-0.15, -0.1) is 0 Å². The van der Waals surface area contributed by atoms with Crippen LogP contribution in [0.3, 0.4) is 0 Å². The van der Waals surface area contributed by atoms with Crippen LogP contribution in [0.4, 0.5) is 0 Å². The number of aliphatic carboxylic acids is 1. The lowest BCUT2D eigenvalue weighted by Gasteiger charge is -2.33. The summed E-state index contributed by atoms with van der Waals surface area (Å²) in [4.78, 5) is 21.5. The van der Waals surface area contributed by atoms with Gasteiger partial charge in [0.15, 0.2) is 0 Å². The number of rotatable bonds is 4. The lowest BCUT2D eigenvalue weighted by atomic mass is 9.80. The zero-order chi connectivity index (χ0) is 13.0. The van der Waals surface area contributed by atoms with Crippen LogP contribution in [0.5, 0.6) is 0 Å². The van der Waals surface area contributed by atoms with E-state index >= 15 is 0 Å². The molecule has 0 amide bonds. The van der Waals surface area contributed by atoms with Gasteiger partial charge in [0.25, 0.3) is 0 Å². The second-order valence-electron chi connectivity index (χ2n) is 4.98.